The average Bonchev–Trinajstić information content (AvgIpc) is 2.64. The number of phenols is 1. The summed E-state index contributed by atoms with van der Waals surface area (Å²) in [6, 6.07) is 9.21. The number of rotatable bonds is 4. The Morgan fingerprint density at radius 2 is 1.81 bits per heavy atom. The van der Waals surface area contributed by atoms with E-state index >= 15 is 0 Å². The molecule has 3 rings (SSSR count). The van der Waals surface area contributed by atoms with Gasteiger partial charge in [-0.05, 0) is 58.5 Å². The van der Waals surface area contributed by atoms with Crippen LogP contribution in [0.2, 0.25) is 0 Å². The molecule has 0 saturated carbocycles. The van der Waals surface area contributed by atoms with Gasteiger partial charge in [-0.3, -0.25) is 4.90 Å². The minimum atomic E-state index is -4.33. The normalized spacial score (nSPS) is 15.8. The molecule has 0 atom stereocenters. The van der Waals surface area contributed by atoms with Crippen molar-refractivity contribution in [2.75, 3.05) is 38.2 Å². The van der Waals surface area contributed by atoms with Crippen molar-refractivity contribution in [3.05, 3.63) is 51.1 Å². The van der Waals surface area contributed by atoms with Crippen LogP contribution in [0.3, 0.4) is 0 Å². The van der Waals surface area contributed by atoms with Gasteiger partial charge in [0.05, 0.1) is 16.2 Å². The van der Waals surface area contributed by atoms with Gasteiger partial charge in [-0.15, -0.1) is 0 Å². The Balaban J connectivity index is 1.64. The molecule has 0 aliphatic carbocycles. The zero-order valence-corrected chi connectivity index (χ0v) is 16.9. The highest BCUT2D eigenvalue weighted by Gasteiger charge is 2.31. The maximum atomic E-state index is 12.9. The number of alkyl halides is 3. The second-order valence-corrected chi connectivity index (χ2v) is 7.60. The predicted octanol–water partition coefficient (Wildman–Crippen LogP) is 4.35. The third-order valence-corrected chi connectivity index (χ3v) is 5.45. The van der Waals surface area contributed by atoms with Gasteiger partial charge in [-0.25, -0.2) is 0 Å². The topological polar surface area (TPSA) is 35.9 Å². The number of halogens is 4. The first kappa shape index (κ1) is 20.1. The Kier molecular flexibility index (Phi) is 6.05. The van der Waals surface area contributed by atoms with Crippen molar-refractivity contribution in [1.82, 2.24) is 4.90 Å². The Labute approximate surface area is 169 Å². The third-order valence-electron chi connectivity index (χ3n) is 4.63. The fourth-order valence-corrected chi connectivity index (χ4v) is 3.84. The summed E-state index contributed by atoms with van der Waals surface area (Å²) in [6.07, 6.45) is -4.33. The van der Waals surface area contributed by atoms with Gasteiger partial charge in [0.25, 0.3) is 0 Å². The van der Waals surface area contributed by atoms with Crippen molar-refractivity contribution in [1.29, 1.82) is 0 Å². The molecule has 0 bridgehead atoms. The van der Waals surface area contributed by atoms with Crippen molar-refractivity contribution in [3.8, 4) is 11.5 Å². The predicted molar refractivity (Wildman–Crippen MR) is 106 cm³/mol. The van der Waals surface area contributed by atoms with E-state index in [0.717, 1.165) is 28.3 Å². The van der Waals surface area contributed by atoms with E-state index < -0.39 is 11.7 Å². The molecule has 4 nitrogen and oxygen atoms in total. The zero-order chi connectivity index (χ0) is 19.6. The summed E-state index contributed by atoms with van der Waals surface area (Å²) in [5, 5.41) is 9.94. The van der Waals surface area contributed by atoms with Crippen LogP contribution in [-0.4, -0.2) is 43.3 Å². The van der Waals surface area contributed by atoms with Crippen molar-refractivity contribution in [3.63, 3.8) is 0 Å². The van der Waals surface area contributed by atoms with E-state index in [4.69, 9.17) is 4.74 Å². The smallest absolute Gasteiger partial charge is 0.416 e. The van der Waals surface area contributed by atoms with Crippen LogP contribution in [-0.2, 0) is 12.7 Å². The van der Waals surface area contributed by atoms with Crippen LogP contribution < -0.4 is 9.64 Å². The summed E-state index contributed by atoms with van der Waals surface area (Å²) < 4.78 is 44.6. The Morgan fingerprint density at radius 3 is 2.44 bits per heavy atom. The monoisotopic (exact) mass is 492 g/mol. The van der Waals surface area contributed by atoms with E-state index in [2.05, 4.69) is 27.5 Å². The van der Waals surface area contributed by atoms with Gasteiger partial charge in [0, 0.05) is 38.4 Å². The first-order chi connectivity index (χ1) is 12.8. The van der Waals surface area contributed by atoms with Crippen LogP contribution in [0.1, 0.15) is 11.1 Å². The third kappa shape index (κ3) is 4.78. The quantitative estimate of drug-likeness (QED) is 0.645. The minimum absolute atomic E-state index is 0.135. The molecule has 0 spiro atoms. The van der Waals surface area contributed by atoms with Gasteiger partial charge in [0.15, 0.2) is 11.5 Å². The van der Waals surface area contributed by atoms with Crippen molar-refractivity contribution >= 4 is 28.3 Å². The maximum absolute atomic E-state index is 12.9. The number of anilines is 1. The minimum Gasteiger partial charge on any atom is -0.504 e. The number of piperazine rings is 1. The van der Waals surface area contributed by atoms with Crippen LogP contribution in [0.15, 0.2) is 36.4 Å². The van der Waals surface area contributed by atoms with Gasteiger partial charge in [-0.1, -0.05) is 6.07 Å². The van der Waals surface area contributed by atoms with E-state index in [1.54, 1.807) is 6.07 Å². The van der Waals surface area contributed by atoms with E-state index in [1.807, 2.05) is 17.0 Å². The van der Waals surface area contributed by atoms with Gasteiger partial charge in [0.1, 0.15) is 0 Å². The van der Waals surface area contributed by atoms with E-state index in [1.165, 1.54) is 19.2 Å². The van der Waals surface area contributed by atoms with Crippen molar-refractivity contribution < 1.29 is 23.0 Å². The highest BCUT2D eigenvalue weighted by atomic mass is 127. The molecular weight excluding hydrogens is 472 g/mol. The van der Waals surface area contributed by atoms with Gasteiger partial charge in [0.2, 0.25) is 0 Å². The molecule has 1 fully saturated rings. The van der Waals surface area contributed by atoms with E-state index in [0.29, 0.717) is 31.1 Å². The second kappa shape index (κ2) is 8.14. The Hall–Kier alpha value is -1.68. The molecular formula is C19H20F3IN2O2. The summed E-state index contributed by atoms with van der Waals surface area (Å²) in [5.41, 5.74) is 1.01. The molecule has 146 valence electrons. The molecule has 2 aromatic carbocycles. The number of aromatic hydroxyl groups is 1. The number of hydrogen-bond acceptors (Lipinski definition) is 4. The SMILES string of the molecule is COc1cc(CN2CCN(c3cccc(C(F)(F)F)c3)CC2)cc(I)c1O. The van der Waals surface area contributed by atoms with Crippen LogP contribution in [0.25, 0.3) is 0 Å². The number of hydrogen-bond donors (Lipinski definition) is 1. The second-order valence-electron chi connectivity index (χ2n) is 6.44. The van der Waals surface area contributed by atoms with E-state index in [9.17, 15) is 18.3 Å². The highest BCUT2D eigenvalue weighted by molar-refractivity contribution is 14.1. The summed E-state index contributed by atoms with van der Waals surface area (Å²) in [7, 11) is 1.52. The van der Waals surface area contributed by atoms with Crippen LogP contribution in [0.5, 0.6) is 11.5 Å². The fraction of sp³-hybridized carbons (Fsp3) is 0.368. The van der Waals surface area contributed by atoms with Crippen LogP contribution >= 0.6 is 22.6 Å². The lowest BCUT2D eigenvalue weighted by Gasteiger charge is -2.36. The molecule has 1 N–H and O–H groups in total. The van der Waals surface area contributed by atoms with Crippen molar-refractivity contribution in [2.24, 2.45) is 0 Å². The highest BCUT2D eigenvalue weighted by Crippen LogP contribution is 2.34. The van der Waals surface area contributed by atoms with Gasteiger partial charge >= 0.3 is 6.18 Å². The molecule has 27 heavy (non-hydrogen) atoms. The van der Waals surface area contributed by atoms with Crippen molar-refractivity contribution in [2.45, 2.75) is 12.7 Å². The van der Waals surface area contributed by atoms with Crippen LogP contribution in [0, 0.1) is 3.57 Å². The molecule has 2 aromatic rings. The largest absolute Gasteiger partial charge is 0.504 e. The molecule has 0 radical (unpaired) electrons. The molecule has 1 saturated heterocycles. The summed E-state index contributed by atoms with van der Waals surface area (Å²) in [6.45, 7) is 3.51. The lowest BCUT2D eigenvalue weighted by molar-refractivity contribution is -0.137. The number of benzene rings is 2. The van der Waals surface area contributed by atoms with Crippen LogP contribution in [0.4, 0.5) is 18.9 Å². The molecule has 0 amide bonds. The molecule has 0 unspecified atom stereocenters. The maximum Gasteiger partial charge on any atom is 0.416 e. The molecule has 1 heterocycles. The zero-order valence-electron chi connectivity index (χ0n) is 14.8. The number of ether oxygens (including phenoxy) is 1. The Morgan fingerprint density at radius 1 is 1.11 bits per heavy atom. The first-order valence-electron chi connectivity index (χ1n) is 8.48. The number of phenolic OH excluding ortho intramolecular Hbond substituents is 1. The molecule has 0 aromatic heterocycles. The first-order valence-corrected chi connectivity index (χ1v) is 9.56. The lowest BCUT2D eigenvalue weighted by Crippen LogP contribution is -2.46. The lowest BCUT2D eigenvalue weighted by atomic mass is 10.1. The van der Waals surface area contributed by atoms with Gasteiger partial charge < -0.3 is 14.7 Å². The molecule has 1 aliphatic rings. The molecule has 1 aliphatic heterocycles. The standard InChI is InChI=1S/C19H20F3IN2O2/c1-27-17-10-13(9-16(23)18(17)26)12-24-5-7-25(8-6-24)15-4-2-3-14(11-15)19(20,21)22/h2-4,9-11,26H,5-8,12H2,1H3. The van der Waals surface area contributed by atoms with E-state index in [-0.39, 0.29) is 5.75 Å². The average molecular weight is 492 g/mol. The summed E-state index contributed by atoms with van der Waals surface area (Å²) in [5.74, 6) is 0.579. The summed E-state index contributed by atoms with van der Waals surface area (Å²) in [4.78, 5) is 4.22. The Bertz CT molecular complexity index is 806. The van der Waals surface area contributed by atoms with Gasteiger partial charge in [-0.2, -0.15) is 13.2 Å². The number of methoxy groups -OCH3 is 1. The summed E-state index contributed by atoms with van der Waals surface area (Å²) >= 11 is 2.06. The fourth-order valence-electron chi connectivity index (χ4n) is 3.18. The molecule has 8 heteroatoms. The number of nitrogens with zero attached hydrogens (tertiary/aromatic N) is 2.